The first-order chi connectivity index (χ1) is 8.58. The summed E-state index contributed by atoms with van der Waals surface area (Å²) in [4.78, 5) is 0. The van der Waals surface area contributed by atoms with Gasteiger partial charge >= 0.3 is 0 Å². The molecule has 0 aromatic heterocycles. The van der Waals surface area contributed by atoms with Crippen LogP contribution < -0.4 is 5.73 Å². The highest BCUT2D eigenvalue weighted by Crippen LogP contribution is 2.27. The van der Waals surface area contributed by atoms with Gasteiger partial charge in [-0.1, -0.05) is 51.8 Å². The molecule has 2 rings (SSSR count). The Morgan fingerprint density at radius 2 is 1.94 bits per heavy atom. The van der Waals surface area contributed by atoms with Crippen LogP contribution >= 0.6 is 27.5 Å². The third-order valence-corrected chi connectivity index (χ3v) is 3.83. The van der Waals surface area contributed by atoms with E-state index in [1.807, 2.05) is 24.3 Å². The van der Waals surface area contributed by atoms with E-state index < -0.39 is 0 Å². The largest absolute Gasteiger partial charge is 0.324 e. The average molecular weight is 329 g/mol. The molecule has 0 aliphatic heterocycles. The SMILES string of the molecule is NC(Cc1ccc(F)cc1Cl)c1ccccc1Br. The third kappa shape index (κ3) is 3.10. The molecule has 0 saturated heterocycles. The lowest BCUT2D eigenvalue weighted by molar-refractivity contribution is 0.625. The van der Waals surface area contributed by atoms with Crippen LogP contribution in [0.25, 0.3) is 0 Å². The fourth-order valence-corrected chi connectivity index (χ4v) is 2.63. The van der Waals surface area contributed by atoms with E-state index >= 15 is 0 Å². The maximum absolute atomic E-state index is 12.9. The summed E-state index contributed by atoms with van der Waals surface area (Å²) in [7, 11) is 0. The van der Waals surface area contributed by atoms with Gasteiger partial charge in [0, 0.05) is 15.5 Å². The van der Waals surface area contributed by atoms with Crippen LogP contribution in [0, 0.1) is 5.82 Å². The molecule has 0 bridgehead atoms. The Labute approximate surface area is 119 Å². The third-order valence-electron chi connectivity index (χ3n) is 2.76. The molecule has 0 saturated carbocycles. The number of hydrogen-bond donors (Lipinski definition) is 1. The molecule has 1 unspecified atom stereocenters. The zero-order valence-electron chi connectivity index (χ0n) is 9.54. The Morgan fingerprint density at radius 3 is 2.61 bits per heavy atom. The Hall–Kier alpha value is -0.900. The molecule has 2 aromatic carbocycles. The maximum Gasteiger partial charge on any atom is 0.124 e. The molecular weight excluding hydrogens is 317 g/mol. The molecule has 2 aromatic rings. The van der Waals surface area contributed by atoms with Crippen LogP contribution in [0.2, 0.25) is 5.02 Å². The van der Waals surface area contributed by atoms with Crippen molar-refractivity contribution in [1.29, 1.82) is 0 Å². The molecule has 0 aliphatic rings. The van der Waals surface area contributed by atoms with E-state index in [2.05, 4.69) is 15.9 Å². The van der Waals surface area contributed by atoms with Crippen LogP contribution in [0.3, 0.4) is 0 Å². The molecule has 1 nitrogen and oxygen atoms in total. The summed E-state index contributed by atoms with van der Waals surface area (Å²) < 4.78 is 13.9. The number of hydrogen-bond acceptors (Lipinski definition) is 1. The monoisotopic (exact) mass is 327 g/mol. The molecule has 18 heavy (non-hydrogen) atoms. The first-order valence-corrected chi connectivity index (χ1v) is 6.69. The minimum Gasteiger partial charge on any atom is -0.324 e. The van der Waals surface area contributed by atoms with Crippen molar-refractivity contribution in [2.75, 3.05) is 0 Å². The van der Waals surface area contributed by atoms with Crippen molar-refractivity contribution in [3.63, 3.8) is 0 Å². The summed E-state index contributed by atoms with van der Waals surface area (Å²) in [6.07, 6.45) is 0.571. The predicted octanol–water partition coefficient (Wildman–Crippen LogP) is 4.48. The summed E-state index contributed by atoms with van der Waals surface area (Å²) in [5.41, 5.74) is 8.01. The number of nitrogens with two attached hydrogens (primary N) is 1. The van der Waals surface area contributed by atoms with E-state index in [4.69, 9.17) is 17.3 Å². The number of halogens is 3. The average Bonchev–Trinajstić information content (AvgIpc) is 2.33. The van der Waals surface area contributed by atoms with Gasteiger partial charge in [-0.05, 0) is 35.7 Å². The van der Waals surface area contributed by atoms with Crippen LogP contribution in [0.5, 0.6) is 0 Å². The lowest BCUT2D eigenvalue weighted by atomic mass is 10.00. The Bertz CT molecular complexity index is 559. The first-order valence-electron chi connectivity index (χ1n) is 5.52. The van der Waals surface area contributed by atoms with Gasteiger partial charge in [-0.25, -0.2) is 4.39 Å². The number of benzene rings is 2. The highest BCUT2D eigenvalue weighted by Gasteiger charge is 2.12. The zero-order chi connectivity index (χ0) is 13.1. The fraction of sp³-hybridized carbons (Fsp3) is 0.143. The summed E-state index contributed by atoms with van der Waals surface area (Å²) in [5, 5.41) is 0.414. The zero-order valence-corrected chi connectivity index (χ0v) is 11.9. The van der Waals surface area contributed by atoms with Crippen LogP contribution in [-0.4, -0.2) is 0 Å². The second-order valence-electron chi connectivity index (χ2n) is 4.07. The summed E-state index contributed by atoms with van der Waals surface area (Å²) in [6, 6.07) is 12.0. The van der Waals surface area contributed by atoms with E-state index in [0.29, 0.717) is 11.4 Å². The van der Waals surface area contributed by atoms with Crippen molar-refractivity contribution in [3.05, 3.63) is 68.9 Å². The molecule has 94 valence electrons. The van der Waals surface area contributed by atoms with Gasteiger partial charge in [0.15, 0.2) is 0 Å². The highest BCUT2D eigenvalue weighted by molar-refractivity contribution is 9.10. The van der Waals surface area contributed by atoms with Gasteiger partial charge in [0.05, 0.1) is 0 Å². The fourth-order valence-electron chi connectivity index (χ4n) is 1.81. The first kappa shape index (κ1) is 13.5. The molecule has 0 amide bonds. The summed E-state index contributed by atoms with van der Waals surface area (Å²) in [5.74, 6) is -0.335. The molecule has 4 heteroatoms. The summed E-state index contributed by atoms with van der Waals surface area (Å²) in [6.45, 7) is 0. The quantitative estimate of drug-likeness (QED) is 0.883. The molecule has 0 spiro atoms. The van der Waals surface area contributed by atoms with Crippen molar-refractivity contribution in [3.8, 4) is 0 Å². The van der Waals surface area contributed by atoms with Gasteiger partial charge in [-0.2, -0.15) is 0 Å². The molecular formula is C14H12BrClFN. The number of rotatable bonds is 3. The van der Waals surface area contributed by atoms with Crippen LogP contribution in [-0.2, 0) is 6.42 Å². The van der Waals surface area contributed by atoms with Crippen LogP contribution in [0.15, 0.2) is 46.9 Å². The highest BCUT2D eigenvalue weighted by atomic mass is 79.9. The van der Waals surface area contributed by atoms with Crippen LogP contribution in [0.1, 0.15) is 17.2 Å². The standard InChI is InChI=1S/C14H12BrClFN/c15-12-4-2-1-3-11(12)14(18)7-9-5-6-10(17)8-13(9)16/h1-6,8,14H,7,18H2. The normalized spacial score (nSPS) is 12.4. The van der Waals surface area contributed by atoms with E-state index in [-0.39, 0.29) is 11.9 Å². The van der Waals surface area contributed by atoms with E-state index in [0.717, 1.165) is 15.6 Å². The van der Waals surface area contributed by atoms with Crippen molar-refractivity contribution >= 4 is 27.5 Å². The topological polar surface area (TPSA) is 26.0 Å². The molecule has 2 N–H and O–H groups in total. The van der Waals surface area contributed by atoms with Crippen molar-refractivity contribution in [1.82, 2.24) is 0 Å². The minimum atomic E-state index is -0.335. The van der Waals surface area contributed by atoms with E-state index in [9.17, 15) is 4.39 Å². The Morgan fingerprint density at radius 1 is 1.22 bits per heavy atom. The minimum absolute atomic E-state index is 0.177. The second-order valence-corrected chi connectivity index (χ2v) is 5.33. The Kier molecular flexibility index (Phi) is 4.38. The van der Waals surface area contributed by atoms with Gasteiger partial charge in [-0.3, -0.25) is 0 Å². The van der Waals surface area contributed by atoms with Gasteiger partial charge in [0.25, 0.3) is 0 Å². The van der Waals surface area contributed by atoms with Crippen molar-refractivity contribution in [2.24, 2.45) is 5.73 Å². The molecule has 0 heterocycles. The molecule has 0 fully saturated rings. The van der Waals surface area contributed by atoms with Crippen molar-refractivity contribution < 1.29 is 4.39 Å². The predicted molar refractivity (Wildman–Crippen MR) is 76.2 cm³/mol. The summed E-state index contributed by atoms with van der Waals surface area (Å²) >= 11 is 9.46. The molecule has 0 radical (unpaired) electrons. The lowest BCUT2D eigenvalue weighted by Gasteiger charge is -2.14. The smallest absolute Gasteiger partial charge is 0.124 e. The van der Waals surface area contributed by atoms with Crippen LogP contribution in [0.4, 0.5) is 4.39 Å². The van der Waals surface area contributed by atoms with Gasteiger partial charge < -0.3 is 5.73 Å². The second kappa shape index (κ2) is 5.83. The van der Waals surface area contributed by atoms with Crippen molar-refractivity contribution in [2.45, 2.75) is 12.5 Å². The lowest BCUT2D eigenvalue weighted by Crippen LogP contribution is -2.14. The molecule has 0 aliphatic carbocycles. The Balaban J connectivity index is 2.21. The maximum atomic E-state index is 12.9. The molecule has 1 atom stereocenters. The van der Waals surface area contributed by atoms with E-state index in [1.54, 1.807) is 6.07 Å². The van der Waals surface area contributed by atoms with Gasteiger partial charge in [-0.15, -0.1) is 0 Å². The van der Waals surface area contributed by atoms with E-state index in [1.165, 1.54) is 12.1 Å². The van der Waals surface area contributed by atoms with Gasteiger partial charge in [0.2, 0.25) is 0 Å². The van der Waals surface area contributed by atoms with Gasteiger partial charge in [0.1, 0.15) is 5.82 Å².